The number of hydrogen-bond acceptors (Lipinski definition) is 5. The first kappa shape index (κ1) is 21.0. The Morgan fingerprint density at radius 2 is 1.93 bits per heavy atom. The Kier molecular flexibility index (Phi) is 6.80. The zero-order valence-corrected chi connectivity index (χ0v) is 14.8. The van der Waals surface area contributed by atoms with E-state index in [-0.39, 0.29) is 29.5 Å². The fraction of sp³-hybridized carbons (Fsp3) is 0.278. The summed E-state index contributed by atoms with van der Waals surface area (Å²) < 4.78 is 49.3. The van der Waals surface area contributed by atoms with Crippen molar-refractivity contribution >= 4 is 17.3 Å². The summed E-state index contributed by atoms with van der Waals surface area (Å²) >= 11 is 0. The Morgan fingerprint density at radius 3 is 2.57 bits per heavy atom. The number of hydrogen-bond donors (Lipinski definition) is 1. The topological polar surface area (TPSA) is 90.7 Å². The molecule has 0 aromatic heterocycles. The van der Waals surface area contributed by atoms with Crippen LogP contribution in [-0.2, 0) is 11.0 Å². The molecule has 2 rings (SSSR count). The fourth-order valence-electron chi connectivity index (χ4n) is 2.16. The number of benzene rings is 2. The van der Waals surface area contributed by atoms with E-state index in [1.165, 1.54) is 18.2 Å². The average molecular weight is 398 g/mol. The lowest BCUT2D eigenvalue weighted by Crippen LogP contribution is -2.21. The van der Waals surface area contributed by atoms with Gasteiger partial charge in [-0.2, -0.15) is 13.2 Å². The smallest absolute Gasteiger partial charge is 0.416 e. The average Bonchev–Trinajstić information content (AvgIpc) is 2.64. The number of non-ortho nitro benzene ring substituents is 1. The lowest BCUT2D eigenvalue weighted by molar-refractivity contribution is -0.384. The van der Waals surface area contributed by atoms with Gasteiger partial charge in [0.05, 0.1) is 28.8 Å². The molecule has 0 atom stereocenters. The van der Waals surface area contributed by atoms with Crippen LogP contribution in [0.3, 0.4) is 0 Å². The van der Waals surface area contributed by atoms with Crippen molar-refractivity contribution in [2.75, 3.05) is 18.5 Å². The Labute approximate surface area is 158 Å². The molecule has 0 aliphatic rings. The Morgan fingerprint density at radius 1 is 1.18 bits per heavy atom. The quantitative estimate of drug-likeness (QED) is 0.525. The molecule has 2 aromatic carbocycles. The second kappa shape index (κ2) is 9.07. The molecule has 0 spiro atoms. The van der Waals surface area contributed by atoms with Crippen LogP contribution in [0.5, 0.6) is 11.5 Å². The van der Waals surface area contributed by atoms with Gasteiger partial charge >= 0.3 is 6.18 Å². The second-order valence-corrected chi connectivity index (χ2v) is 5.65. The number of nitrogens with one attached hydrogen (secondary N) is 1. The number of nitrogens with zero attached hydrogens (tertiary/aromatic N) is 1. The predicted molar refractivity (Wildman–Crippen MR) is 94.5 cm³/mol. The largest absolute Gasteiger partial charge is 0.491 e. The lowest BCUT2D eigenvalue weighted by Gasteiger charge is -2.15. The van der Waals surface area contributed by atoms with Crippen LogP contribution < -0.4 is 14.8 Å². The van der Waals surface area contributed by atoms with E-state index in [0.29, 0.717) is 6.42 Å². The van der Waals surface area contributed by atoms with Gasteiger partial charge in [0.25, 0.3) is 11.6 Å². The van der Waals surface area contributed by atoms with Crippen LogP contribution in [0, 0.1) is 10.1 Å². The SMILES string of the molecule is CCCOc1ccc(C(F)(F)F)cc1NC(=O)COc1cccc([N+](=O)[O-])c1. The van der Waals surface area contributed by atoms with Crippen molar-refractivity contribution in [3.8, 4) is 11.5 Å². The number of alkyl halides is 3. The van der Waals surface area contributed by atoms with E-state index in [1.54, 1.807) is 0 Å². The zero-order chi connectivity index (χ0) is 20.7. The number of rotatable bonds is 8. The summed E-state index contributed by atoms with van der Waals surface area (Å²) in [5.41, 5.74) is -1.30. The highest BCUT2D eigenvalue weighted by atomic mass is 19.4. The molecule has 0 bridgehead atoms. The van der Waals surface area contributed by atoms with Gasteiger partial charge in [-0.05, 0) is 30.7 Å². The van der Waals surface area contributed by atoms with Crippen LogP contribution in [-0.4, -0.2) is 24.0 Å². The van der Waals surface area contributed by atoms with Gasteiger partial charge in [-0.1, -0.05) is 13.0 Å². The normalized spacial score (nSPS) is 11.0. The minimum Gasteiger partial charge on any atom is -0.491 e. The Balaban J connectivity index is 2.10. The molecular formula is C18H17F3N2O5. The molecule has 0 radical (unpaired) electrons. The monoisotopic (exact) mass is 398 g/mol. The first-order valence-electron chi connectivity index (χ1n) is 8.22. The number of carbonyl (C=O) groups is 1. The molecule has 7 nitrogen and oxygen atoms in total. The van der Waals surface area contributed by atoms with Crippen molar-refractivity contribution in [1.82, 2.24) is 0 Å². The van der Waals surface area contributed by atoms with Crippen molar-refractivity contribution in [3.05, 3.63) is 58.1 Å². The summed E-state index contributed by atoms with van der Waals surface area (Å²) in [6.45, 7) is 1.54. The van der Waals surface area contributed by atoms with E-state index in [2.05, 4.69) is 5.32 Å². The van der Waals surface area contributed by atoms with Crippen LogP contribution in [0.1, 0.15) is 18.9 Å². The summed E-state index contributed by atoms with van der Waals surface area (Å²) in [5.74, 6) is -0.568. The third kappa shape index (κ3) is 5.86. The number of ether oxygens (including phenoxy) is 2. The van der Waals surface area contributed by atoms with Crippen molar-refractivity contribution in [1.29, 1.82) is 0 Å². The van der Waals surface area contributed by atoms with Gasteiger partial charge in [0, 0.05) is 6.07 Å². The number of anilines is 1. The maximum absolute atomic E-state index is 12.9. The molecular weight excluding hydrogens is 381 g/mol. The highest BCUT2D eigenvalue weighted by Crippen LogP contribution is 2.35. The molecule has 0 heterocycles. The fourth-order valence-corrected chi connectivity index (χ4v) is 2.16. The molecule has 0 saturated carbocycles. The van der Waals surface area contributed by atoms with E-state index < -0.39 is 29.2 Å². The number of nitro benzene ring substituents is 1. The van der Waals surface area contributed by atoms with Crippen LogP contribution in [0.25, 0.3) is 0 Å². The van der Waals surface area contributed by atoms with Gasteiger partial charge in [-0.15, -0.1) is 0 Å². The van der Waals surface area contributed by atoms with E-state index in [0.717, 1.165) is 24.3 Å². The number of halogens is 3. The van der Waals surface area contributed by atoms with Crippen molar-refractivity contribution in [3.63, 3.8) is 0 Å². The second-order valence-electron chi connectivity index (χ2n) is 5.65. The zero-order valence-electron chi connectivity index (χ0n) is 14.8. The van der Waals surface area contributed by atoms with Crippen LogP contribution >= 0.6 is 0 Å². The van der Waals surface area contributed by atoms with Crippen molar-refractivity contribution in [2.24, 2.45) is 0 Å². The Bertz CT molecular complexity index is 855. The summed E-state index contributed by atoms with van der Waals surface area (Å²) in [4.78, 5) is 22.2. The maximum atomic E-state index is 12.9. The maximum Gasteiger partial charge on any atom is 0.416 e. The lowest BCUT2D eigenvalue weighted by atomic mass is 10.1. The van der Waals surface area contributed by atoms with Gasteiger partial charge in [0.2, 0.25) is 0 Å². The molecule has 0 fully saturated rings. The molecule has 28 heavy (non-hydrogen) atoms. The van der Waals surface area contributed by atoms with E-state index >= 15 is 0 Å². The van der Waals surface area contributed by atoms with Crippen LogP contribution in [0.4, 0.5) is 24.5 Å². The number of carbonyl (C=O) groups excluding carboxylic acids is 1. The predicted octanol–water partition coefficient (Wildman–Crippen LogP) is 4.42. The first-order chi connectivity index (χ1) is 13.2. The van der Waals surface area contributed by atoms with Crippen molar-refractivity contribution in [2.45, 2.75) is 19.5 Å². The number of nitro groups is 1. The molecule has 0 unspecified atom stereocenters. The highest BCUT2D eigenvalue weighted by molar-refractivity contribution is 5.93. The summed E-state index contributed by atoms with van der Waals surface area (Å²) in [6, 6.07) is 7.96. The van der Waals surface area contributed by atoms with Crippen LogP contribution in [0.2, 0.25) is 0 Å². The van der Waals surface area contributed by atoms with Gasteiger partial charge in [0.1, 0.15) is 11.5 Å². The standard InChI is InChI=1S/C18H17F3N2O5/c1-2-8-27-16-7-6-12(18(19,20)21)9-15(16)22-17(24)11-28-14-5-3-4-13(10-14)23(25)26/h3-7,9-10H,2,8,11H2,1H3,(H,22,24). The third-order valence-corrected chi connectivity index (χ3v) is 3.44. The Hall–Kier alpha value is -3.30. The molecule has 150 valence electrons. The molecule has 0 aliphatic heterocycles. The van der Waals surface area contributed by atoms with E-state index in [1.807, 2.05) is 6.92 Å². The van der Waals surface area contributed by atoms with Gasteiger partial charge in [-0.3, -0.25) is 14.9 Å². The van der Waals surface area contributed by atoms with Gasteiger partial charge in [-0.25, -0.2) is 0 Å². The third-order valence-electron chi connectivity index (χ3n) is 3.44. The van der Waals surface area contributed by atoms with Gasteiger partial charge in [0.15, 0.2) is 6.61 Å². The molecule has 0 saturated heterocycles. The van der Waals surface area contributed by atoms with Gasteiger partial charge < -0.3 is 14.8 Å². The van der Waals surface area contributed by atoms with E-state index in [4.69, 9.17) is 9.47 Å². The molecule has 1 N–H and O–H groups in total. The molecule has 1 amide bonds. The molecule has 10 heteroatoms. The summed E-state index contributed by atoms with van der Waals surface area (Å²) in [7, 11) is 0. The minimum absolute atomic E-state index is 0.0795. The van der Waals surface area contributed by atoms with Crippen LogP contribution in [0.15, 0.2) is 42.5 Å². The molecule has 2 aromatic rings. The summed E-state index contributed by atoms with van der Waals surface area (Å²) in [5, 5.41) is 13.1. The molecule has 0 aliphatic carbocycles. The number of amides is 1. The summed E-state index contributed by atoms with van der Waals surface area (Å²) in [6.07, 6.45) is -3.95. The van der Waals surface area contributed by atoms with Crippen molar-refractivity contribution < 1.29 is 32.4 Å². The highest BCUT2D eigenvalue weighted by Gasteiger charge is 2.31. The first-order valence-corrected chi connectivity index (χ1v) is 8.22. The minimum atomic E-state index is -4.58. The van der Waals surface area contributed by atoms with E-state index in [9.17, 15) is 28.1 Å².